The van der Waals surface area contributed by atoms with E-state index in [4.69, 9.17) is 5.73 Å². The lowest BCUT2D eigenvalue weighted by Gasteiger charge is -2.10. The second kappa shape index (κ2) is 4.78. The lowest BCUT2D eigenvalue weighted by atomic mass is 9.98. The van der Waals surface area contributed by atoms with Crippen molar-refractivity contribution in [2.24, 2.45) is 5.73 Å². The average Bonchev–Trinajstić information content (AvgIpc) is 2.29. The van der Waals surface area contributed by atoms with Gasteiger partial charge in [0.05, 0.1) is 5.56 Å². The molecule has 0 spiro atoms. The molecule has 2 N–H and O–H groups in total. The van der Waals surface area contributed by atoms with E-state index in [2.05, 4.69) is 0 Å². The summed E-state index contributed by atoms with van der Waals surface area (Å²) >= 11 is 0. The van der Waals surface area contributed by atoms with Crippen LogP contribution < -0.4 is 5.73 Å². The van der Waals surface area contributed by atoms with E-state index in [-0.39, 0.29) is 17.7 Å². The molecule has 0 amide bonds. The highest BCUT2D eigenvalue weighted by atomic mass is 19.1. The fraction of sp³-hybridized carbons (Fsp3) is 0.0769. The Kier molecular flexibility index (Phi) is 3.34. The van der Waals surface area contributed by atoms with E-state index in [1.54, 1.807) is 0 Å². The van der Waals surface area contributed by atoms with E-state index >= 15 is 0 Å². The molecule has 0 aliphatic rings. The van der Waals surface area contributed by atoms with Crippen LogP contribution in [-0.2, 0) is 6.54 Å². The summed E-state index contributed by atoms with van der Waals surface area (Å²) in [6.07, 6.45) is 0. The number of hydrogen-bond acceptors (Lipinski definition) is 1. The topological polar surface area (TPSA) is 26.0 Å². The molecule has 0 unspecified atom stereocenters. The summed E-state index contributed by atoms with van der Waals surface area (Å²) in [4.78, 5) is 0. The average molecular weight is 255 g/mol. The Morgan fingerprint density at radius 1 is 0.833 bits per heavy atom. The highest BCUT2D eigenvalue weighted by molar-refractivity contribution is 5.68. The van der Waals surface area contributed by atoms with Crippen molar-refractivity contribution in [3.63, 3.8) is 0 Å². The summed E-state index contributed by atoms with van der Waals surface area (Å²) in [5.41, 5.74) is 5.36. The minimum atomic E-state index is -1.05. The number of halogens is 4. The minimum Gasteiger partial charge on any atom is -0.326 e. The van der Waals surface area contributed by atoms with Crippen LogP contribution in [0.25, 0.3) is 11.1 Å². The van der Waals surface area contributed by atoms with Gasteiger partial charge in [0.15, 0.2) is 0 Å². The standard InChI is InChI=1S/C13H9F4N/c14-8-1-2-10(7(3-8)6-18)13-11(16)4-9(15)5-12(13)17/h1-5H,6,18H2. The first kappa shape index (κ1) is 12.6. The second-order valence-corrected chi connectivity index (χ2v) is 3.75. The Balaban J connectivity index is 2.69. The number of benzene rings is 2. The monoisotopic (exact) mass is 255 g/mol. The molecule has 0 radical (unpaired) electrons. The lowest BCUT2D eigenvalue weighted by Crippen LogP contribution is -2.02. The molecule has 94 valence electrons. The van der Waals surface area contributed by atoms with Gasteiger partial charge in [-0.3, -0.25) is 0 Å². The SMILES string of the molecule is NCc1cc(F)ccc1-c1c(F)cc(F)cc1F. The van der Waals surface area contributed by atoms with Crippen LogP contribution in [-0.4, -0.2) is 0 Å². The molecule has 1 nitrogen and oxygen atoms in total. The van der Waals surface area contributed by atoms with Crippen LogP contribution in [0.5, 0.6) is 0 Å². The Morgan fingerprint density at radius 3 is 2.00 bits per heavy atom. The van der Waals surface area contributed by atoms with Crippen molar-refractivity contribution in [2.45, 2.75) is 6.54 Å². The third kappa shape index (κ3) is 2.22. The molecule has 0 aliphatic carbocycles. The van der Waals surface area contributed by atoms with Gasteiger partial charge < -0.3 is 5.73 Å². The maximum atomic E-state index is 13.6. The van der Waals surface area contributed by atoms with Crippen molar-refractivity contribution < 1.29 is 17.6 Å². The molecule has 2 aromatic carbocycles. The summed E-state index contributed by atoms with van der Waals surface area (Å²) in [5.74, 6) is -3.66. The molecule has 0 saturated carbocycles. The summed E-state index contributed by atoms with van der Waals surface area (Å²) in [6, 6.07) is 4.52. The van der Waals surface area contributed by atoms with Crippen LogP contribution in [0.15, 0.2) is 30.3 Å². The van der Waals surface area contributed by atoms with Crippen LogP contribution in [0.1, 0.15) is 5.56 Å². The molecule has 0 heterocycles. The Labute approximate surface area is 101 Å². The van der Waals surface area contributed by atoms with Gasteiger partial charge in [-0.2, -0.15) is 0 Å². The molecule has 2 aromatic rings. The molecule has 0 bridgehead atoms. The van der Waals surface area contributed by atoms with E-state index in [9.17, 15) is 17.6 Å². The van der Waals surface area contributed by atoms with E-state index in [0.29, 0.717) is 12.1 Å². The maximum absolute atomic E-state index is 13.6. The maximum Gasteiger partial charge on any atom is 0.136 e. The van der Waals surface area contributed by atoms with E-state index in [1.807, 2.05) is 0 Å². The van der Waals surface area contributed by atoms with Crippen LogP contribution in [0.3, 0.4) is 0 Å². The van der Waals surface area contributed by atoms with Crippen LogP contribution >= 0.6 is 0 Å². The van der Waals surface area contributed by atoms with Crippen LogP contribution in [0.4, 0.5) is 17.6 Å². The van der Waals surface area contributed by atoms with Gasteiger partial charge in [0.1, 0.15) is 23.3 Å². The first-order valence-electron chi connectivity index (χ1n) is 5.16. The first-order chi connectivity index (χ1) is 8.52. The Morgan fingerprint density at radius 2 is 1.44 bits per heavy atom. The highest BCUT2D eigenvalue weighted by Crippen LogP contribution is 2.30. The van der Waals surface area contributed by atoms with Crippen molar-refractivity contribution >= 4 is 0 Å². The van der Waals surface area contributed by atoms with Gasteiger partial charge in [0.2, 0.25) is 0 Å². The number of rotatable bonds is 2. The predicted octanol–water partition coefficient (Wildman–Crippen LogP) is 3.37. The highest BCUT2D eigenvalue weighted by Gasteiger charge is 2.16. The van der Waals surface area contributed by atoms with Crippen molar-refractivity contribution in [2.75, 3.05) is 0 Å². The zero-order valence-corrected chi connectivity index (χ0v) is 9.18. The van der Waals surface area contributed by atoms with Gasteiger partial charge in [-0.05, 0) is 23.3 Å². The predicted molar refractivity (Wildman–Crippen MR) is 59.6 cm³/mol. The Bertz CT molecular complexity index is 573. The van der Waals surface area contributed by atoms with Gasteiger partial charge in [-0.25, -0.2) is 17.6 Å². The summed E-state index contributed by atoms with van der Waals surface area (Å²) in [7, 11) is 0. The summed E-state index contributed by atoms with van der Waals surface area (Å²) in [5, 5.41) is 0. The number of hydrogen-bond donors (Lipinski definition) is 1. The van der Waals surface area contributed by atoms with E-state index in [0.717, 1.165) is 12.1 Å². The summed E-state index contributed by atoms with van der Waals surface area (Å²) < 4.78 is 53.0. The molecule has 0 aliphatic heterocycles. The fourth-order valence-corrected chi connectivity index (χ4v) is 1.77. The third-order valence-electron chi connectivity index (χ3n) is 2.56. The zero-order valence-electron chi connectivity index (χ0n) is 9.18. The van der Waals surface area contributed by atoms with Crippen molar-refractivity contribution in [1.29, 1.82) is 0 Å². The van der Waals surface area contributed by atoms with Crippen molar-refractivity contribution in [1.82, 2.24) is 0 Å². The van der Waals surface area contributed by atoms with Gasteiger partial charge in [-0.15, -0.1) is 0 Å². The number of nitrogens with two attached hydrogens (primary N) is 1. The minimum absolute atomic E-state index is 0.0800. The quantitative estimate of drug-likeness (QED) is 0.818. The second-order valence-electron chi connectivity index (χ2n) is 3.75. The molecule has 2 rings (SSSR count). The normalized spacial score (nSPS) is 10.7. The van der Waals surface area contributed by atoms with Crippen LogP contribution in [0, 0.1) is 23.3 Å². The smallest absolute Gasteiger partial charge is 0.136 e. The lowest BCUT2D eigenvalue weighted by molar-refractivity contribution is 0.547. The molecule has 0 atom stereocenters. The molecular weight excluding hydrogens is 246 g/mol. The first-order valence-corrected chi connectivity index (χ1v) is 5.16. The van der Waals surface area contributed by atoms with Gasteiger partial charge in [-0.1, -0.05) is 6.07 Å². The largest absolute Gasteiger partial charge is 0.326 e. The molecule has 18 heavy (non-hydrogen) atoms. The van der Waals surface area contributed by atoms with Gasteiger partial charge in [0.25, 0.3) is 0 Å². The Hall–Kier alpha value is -1.88. The van der Waals surface area contributed by atoms with Gasteiger partial charge >= 0.3 is 0 Å². The van der Waals surface area contributed by atoms with E-state index < -0.39 is 28.8 Å². The summed E-state index contributed by atoms with van der Waals surface area (Å²) in [6.45, 7) is -0.0800. The van der Waals surface area contributed by atoms with Crippen molar-refractivity contribution in [3.05, 3.63) is 59.2 Å². The molecule has 0 fully saturated rings. The third-order valence-corrected chi connectivity index (χ3v) is 2.56. The fourth-order valence-electron chi connectivity index (χ4n) is 1.77. The van der Waals surface area contributed by atoms with Crippen molar-refractivity contribution in [3.8, 4) is 11.1 Å². The molecular formula is C13H9F4N. The molecule has 5 heteroatoms. The van der Waals surface area contributed by atoms with E-state index in [1.165, 1.54) is 6.07 Å². The van der Waals surface area contributed by atoms with Gasteiger partial charge in [0, 0.05) is 18.7 Å². The zero-order chi connectivity index (χ0) is 13.3. The van der Waals surface area contributed by atoms with Crippen LogP contribution in [0.2, 0.25) is 0 Å². The molecule has 0 saturated heterocycles. The molecule has 0 aromatic heterocycles.